The lowest BCUT2D eigenvalue weighted by atomic mass is 9.73. The minimum absolute atomic E-state index is 0.0354. The van der Waals surface area contributed by atoms with Gasteiger partial charge in [-0.2, -0.15) is 0 Å². The molecular weight excluding hydrogens is 326 g/mol. The normalized spacial score (nSPS) is 16.1. The van der Waals surface area contributed by atoms with Crippen molar-refractivity contribution in [2.45, 2.75) is 39.0 Å². The first-order valence-corrected chi connectivity index (χ1v) is 9.25. The summed E-state index contributed by atoms with van der Waals surface area (Å²) in [7, 11) is 0. The Kier molecular flexibility index (Phi) is 5.62. The van der Waals surface area contributed by atoms with Gasteiger partial charge in [0.15, 0.2) is 0 Å². The van der Waals surface area contributed by atoms with Gasteiger partial charge in [-0.05, 0) is 62.9 Å². The molecule has 4 heteroatoms. The Morgan fingerprint density at radius 3 is 2.42 bits per heavy atom. The second-order valence-corrected chi connectivity index (χ2v) is 6.93. The lowest BCUT2D eigenvalue weighted by Crippen LogP contribution is -2.44. The van der Waals surface area contributed by atoms with Gasteiger partial charge in [-0.15, -0.1) is 0 Å². The van der Waals surface area contributed by atoms with Crippen LogP contribution in [0.25, 0.3) is 0 Å². The number of aryl methyl sites for hydroxylation is 2. The molecule has 0 radical (unpaired) electrons. The van der Waals surface area contributed by atoms with Gasteiger partial charge in [-0.25, -0.2) is 0 Å². The van der Waals surface area contributed by atoms with Crippen LogP contribution in [-0.2, 0) is 14.9 Å². The molecule has 138 valence electrons. The third-order valence-electron chi connectivity index (χ3n) is 5.12. The van der Waals surface area contributed by atoms with Crippen LogP contribution in [0.1, 0.15) is 36.5 Å². The van der Waals surface area contributed by atoms with Gasteiger partial charge in [0.1, 0.15) is 5.75 Å². The number of ether oxygens (including phenoxy) is 2. The summed E-state index contributed by atoms with van der Waals surface area (Å²) >= 11 is 0. The van der Waals surface area contributed by atoms with E-state index in [1.807, 2.05) is 32.0 Å². The van der Waals surface area contributed by atoms with E-state index < -0.39 is 5.41 Å². The monoisotopic (exact) mass is 353 g/mol. The summed E-state index contributed by atoms with van der Waals surface area (Å²) in [5.74, 6) is 0.887. The van der Waals surface area contributed by atoms with E-state index in [4.69, 9.17) is 9.47 Å². The molecule has 1 heterocycles. The van der Waals surface area contributed by atoms with Crippen molar-refractivity contribution in [3.63, 3.8) is 0 Å². The van der Waals surface area contributed by atoms with Crippen molar-refractivity contribution in [3.05, 3.63) is 59.2 Å². The summed E-state index contributed by atoms with van der Waals surface area (Å²) in [6.45, 7) is 7.84. The van der Waals surface area contributed by atoms with Crippen LogP contribution in [0.5, 0.6) is 5.75 Å². The number of hydrogen-bond acceptors (Lipinski definition) is 3. The molecule has 1 fully saturated rings. The summed E-state index contributed by atoms with van der Waals surface area (Å²) in [5.41, 5.74) is 3.53. The average molecular weight is 353 g/mol. The van der Waals surface area contributed by atoms with Crippen LogP contribution in [0.3, 0.4) is 0 Å². The van der Waals surface area contributed by atoms with Crippen LogP contribution in [0, 0.1) is 13.8 Å². The van der Waals surface area contributed by atoms with E-state index in [2.05, 4.69) is 36.5 Å². The highest BCUT2D eigenvalue weighted by atomic mass is 16.5. The molecule has 0 aromatic heterocycles. The predicted molar refractivity (Wildman–Crippen MR) is 104 cm³/mol. The molecule has 4 nitrogen and oxygen atoms in total. The van der Waals surface area contributed by atoms with Crippen molar-refractivity contribution in [3.8, 4) is 5.75 Å². The molecule has 0 spiro atoms. The summed E-state index contributed by atoms with van der Waals surface area (Å²) < 4.78 is 11.1. The molecule has 1 aliphatic heterocycles. The minimum atomic E-state index is -0.543. The van der Waals surface area contributed by atoms with E-state index in [9.17, 15) is 4.79 Å². The Labute approximate surface area is 155 Å². The minimum Gasteiger partial charge on any atom is -0.494 e. The van der Waals surface area contributed by atoms with Gasteiger partial charge in [-0.3, -0.25) is 4.79 Å². The quantitative estimate of drug-likeness (QED) is 0.867. The summed E-state index contributed by atoms with van der Waals surface area (Å²) in [6.07, 6.45) is 1.38. The van der Waals surface area contributed by atoms with Gasteiger partial charge < -0.3 is 14.8 Å². The molecule has 1 N–H and O–H groups in total. The highest BCUT2D eigenvalue weighted by Gasteiger charge is 2.41. The third-order valence-corrected chi connectivity index (χ3v) is 5.12. The maximum Gasteiger partial charge on any atom is 0.235 e. The Morgan fingerprint density at radius 2 is 1.81 bits per heavy atom. The molecule has 1 saturated heterocycles. The highest BCUT2D eigenvalue weighted by molar-refractivity contribution is 5.99. The molecule has 1 aliphatic rings. The van der Waals surface area contributed by atoms with Gasteiger partial charge >= 0.3 is 0 Å². The van der Waals surface area contributed by atoms with E-state index >= 15 is 0 Å². The number of nitrogens with one attached hydrogen (secondary N) is 1. The molecule has 0 unspecified atom stereocenters. The van der Waals surface area contributed by atoms with Crippen LogP contribution in [0.15, 0.2) is 42.5 Å². The van der Waals surface area contributed by atoms with E-state index in [0.29, 0.717) is 32.7 Å². The third kappa shape index (κ3) is 3.75. The second-order valence-electron chi connectivity index (χ2n) is 6.93. The average Bonchev–Trinajstić information content (AvgIpc) is 2.65. The van der Waals surface area contributed by atoms with E-state index in [-0.39, 0.29) is 5.91 Å². The molecule has 0 saturated carbocycles. The van der Waals surface area contributed by atoms with Crippen molar-refractivity contribution in [1.82, 2.24) is 0 Å². The van der Waals surface area contributed by atoms with Gasteiger partial charge in [0.2, 0.25) is 5.91 Å². The fraction of sp³-hybridized carbons (Fsp3) is 0.409. The molecule has 0 aliphatic carbocycles. The Balaban J connectivity index is 1.86. The number of rotatable bonds is 5. The van der Waals surface area contributed by atoms with E-state index in [0.717, 1.165) is 22.6 Å². The zero-order valence-corrected chi connectivity index (χ0v) is 15.8. The maximum atomic E-state index is 13.3. The Bertz CT molecular complexity index is 761. The number of hydrogen-bond donors (Lipinski definition) is 1. The zero-order chi connectivity index (χ0) is 18.6. The predicted octanol–water partition coefficient (Wildman–Crippen LogP) is 4.39. The van der Waals surface area contributed by atoms with Crippen molar-refractivity contribution < 1.29 is 14.3 Å². The molecule has 26 heavy (non-hydrogen) atoms. The Hall–Kier alpha value is -2.33. The number of benzene rings is 2. The number of carbonyl (C=O) groups excluding carboxylic acids is 1. The molecule has 2 aromatic carbocycles. The van der Waals surface area contributed by atoms with Gasteiger partial charge in [0.25, 0.3) is 0 Å². The first kappa shape index (κ1) is 18.5. The van der Waals surface area contributed by atoms with Gasteiger partial charge in [-0.1, -0.05) is 29.8 Å². The van der Waals surface area contributed by atoms with E-state index in [1.54, 1.807) is 0 Å². The summed E-state index contributed by atoms with van der Waals surface area (Å²) in [6, 6.07) is 14.1. The fourth-order valence-corrected chi connectivity index (χ4v) is 3.53. The lowest BCUT2D eigenvalue weighted by Gasteiger charge is -2.36. The number of amides is 1. The topological polar surface area (TPSA) is 47.6 Å². The van der Waals surface area contributed by atoms with Gasteiger partial charge in [0.05, 0.1) is 12.0 Å². The number of carbonyl (C=O) groups is 1. The SMILES string of the molecule is CCOc1ccc(NC(=O)C2(c3ccc(C)cc3)CCOCC2)cc1C. The van der Waals surface area contributed by atoms with Crippen molar-refractivity contribution in [1.29, 1.82) is 0 Å². The van der Waals surface area contributed by atoms with Crippen molar-refractivity contribution >= 4 is 11.6 Å². The molecule has 3 rings (SSSR count). The molecule has 0 atom stereocenters. The first-order chi connectivity index (χ1) is 12.5. The number of anilines is 1. The fourth-order valence-electron chi connectivity index (χ4n) is 3.53. The van der Waals surface area contributed by atoms with Crippen LogP contribution in [-0.4, -0.2) is 25.7 Å². The second kappa shape index (κ2) is 7.92. The van der Waals surface area contributed by atoms with Crippen LogP contribution in [0.2, 0.25) is 0 Å². The van der Waals surface area contributed by atoms with E-state index in [1.165, 1.54) is 5.56 Å². The zero-order valence-electron chi connectivity index (χ0n) is 15.8. The van der Waals surface area contributed by atoms with Crippen LogP contribution >= 0.6 is 0 Å². The Morgan fingerprint density at radius 1 is 1.12 bits per heavy atom. The summed E-state index contributed by atoms with van der Waals surface area (Å²) in [4.78, 5) is 13.3. The van der Waals surface area contributed by atoms with Crippen molar-refractivity contribution in [2.24, 2.45) is 0 Å². The van der Waals surface area contributed by atoms with Gasteiger partial charge in [0, 0.05) is 18.9 Å². The van der Waals surface area contributed by atoms with Crippen LogP contribution in [0.4, 0.5) is 5.69 Å². The molecule has 2 aromatic rings. The van der Waals surface area contributed by atoms with Crippen LogP contribution < -0.4 is 10.1 Å². The molecular formula is C22H27NO3. The smallest absolute Gasteiger partial charge is 0.235 e. The maximum absolute atomic E-state index is 13.3. The lowest BCUT2D eigenvalue weighted by molar-refractivity contribution is -0.125. The molecule has 1 amide bonds. The highest BCUT2D eigenvalue weighted by Crippen LogP contribution is 2.36. The van der Waals surface area contributed by atoms with Crippen molar-refractivity contribution in [2.75, 3.05) is 25.1 Å². The first-order valence-electron chi connectivity index (χ1n) is 9.25. The standard InChI is InChI=1S/C22H27NO3/c1-4-26-20-10-9-19(15-17(20)3)23-21(24)22(11-13-25-14-12-22)18-7-5-16(2)6-8-18/h5-10,15H,4,11-14H2,1-3H3,(H,23,24). The molecule has 0 bridgehead atoms. The largest absolute Gasteiger partial charge is 0.494 e. The summed E-state index contributed by atoms with van der Waals surface area (Å²) in [5, 5.41) is 3.13.